The minimum Gasteiger partial charge on any atom is -0.335 e. The van der Waals surface area contributed by atoms with Crippen LogP contribution in [0.4, 0.5) is 0 Å². The normalized spacial score (nSPS) is 13.8. The van der Waals surface area contributed by atoms with Gasteiger partial charge in [0, 0.05) is 17.8 Å². The Balaban J connectivity index is 2.16. The highest BCUT2D eigenvalue weighted by Crippen LogP contribution is 2.13. The fraction of sp³-hybridized carbons (Fsp3) is 0.250. The fourth-order valence-electron chi connectivity index (χ4n) is 1.25. The molecule has 0 aliphatic carbocycles. The van der Waals surface area contributed by atoms with E-state index in [4.69, 9.17) is 0 Å². The van der Waals surface area contributed by atoms with E-state index in [9.17, 15) is 8.42 Å². The Hall–Kier alpha value is -1.67. The highest BCUT2D eigenvalue weighted by Gasteiger charge is 2.19. The molecule has 1 unspecified atom stereocenters. The quantitative estimate of drug-likeness (QED) is 0.709. The molecule has 0 saturated carbocycles. The summed E-state index contributed by atoms with van der Waals surface area (Å²) in [6.45, 7) is 1.73. The Morgan fingerprint density at radius 1 is 1.44 bits per heavy atom. The lowest BCUT2D eigenvalue weighted by Crippen LogP contribution is -2.26. The molecule has 2 heterocycles. The van der Waals surface area contributed by atoms with E-state index in [1.165, 1.54) is 12.5 Å². The van der Waals surface area contributed by atoms with Gasteiger partial charge in [0.1, 0.15) is 0 Å². The van der Waals surface area contributed by atoms with Gasteiger partial charge in [0.05, 0.1) is 18.7 Å². The monoisotopic (exact) mass is 241 g/mol. The molecule has 0 saturated heterocycles. The van der Waals surface area contributed by atoms with Crippen LogP contribution in [0.2, 0.25) is 0 Å². The van der Waals surface area contributed by atoms with Crippen molar-refractivity contribution in [2.24, 2.45) is 0 Å². The maximum atomic E-state index is 11.8. The first-order valence-electron chi connectivity index (χ1n) is 4.59. The number of hydrogen-bond acceptors (Lipinski definition) is 4. The van der Waals surface area contributed by atoms with E-state index in [1.807, 2.05) is 0 Å². The molecule has 0 aromatic carbocycles. The molecule has 0 spiro atoms. The Labute approximate surface area is 92.4 Å². The van der Waals surface area contributed by atoms with Crippen LogP contribution >= 0.6 is 0 Å². The lowest BCUT2D eigenvalue weighted by atomic mass is 10.2. The molecule has 0 fully saturated rings. The van der Waals surface area contributed by atoms with Gasteiger partial charge in [0.25, 0.3) is 10.0 Å². The van der Waals surface area contributed by atoms with Gasteiger partial charge < -0.3 is 4.98 Å². The van der Waals surface area contributed by atoms with Crippen molar-refractivity contribution < 1.29 is 8.42 Å². The molecule has 0 aliphatic rings. The molecule has 2 aromatic heterocycles. The number of nitrogens with zero attached hydrogens (tertiary/aromatic N) is 2. The van der Waals surface area contributed by atoms with E-state index in [0.29, 0.717) is 0 Å². The summed E-state index contributed by atoms with van der Waals surface area (Å²) in [5.74, 6) is 0. The maximum absolute atomic E-state index is 11.8. The van der Waals surface area contributed by atoms with Crippen LogP contribution in [0, 0.1) is 0 Å². The van der Waals surface area contributed by atoms with Crippen LogP contribution in [0.25, 0.3) is 0 Å². The Morgan fingerprint density at radius 3 is 2.81 bits per heavy atom. The van der Waals surface area contributed by atoms with Crippen LogP contribution in [0.3, 0.4) is 0 Å². The molecule has 0 aliphatic heterocycles. The van der Waals surface area contributed by atoms with Crippen molar-refractivity contribution in [2.75, 3.05) is 0 Å². The highest BCUT2D eigenvalue weighted by molar-refractivity contribution is 7.89. The second-order valence-corrected chi connectivity index (χ2v) is 4.97. The summed E-state index contributed by atoms with van der Waals surface area (Å²) in [4.78, 5) is 6.21. The van der Waals surface area contributed by atoms with Crippen LogP contribution < -0.4 is 4.72 Å². The summed E-state index contributed by atoms with van der Waals surface area (Å²) < 4.78 is 26.1. The average molecular weight is 241 g/mol. The van der Waals surface area contributed by atoms with E-state index in [-0.39, 0.29) is 11.1 Å². The molecule has 3 N–H and O–H groups in total. The van der Waals surface area contributed by atoms with E-state index in [1.54, 1.807) is 19.3 Å². The molecule has 2 rings (SSSR count). The Bertz CT molecular complexity index is 531. The second kappa shape index (κ2) is 4.06. The SMILES string of the molecule is CC(NS(=O)(=O)c1cnc[nH]1)c1cn[nH]c1. The number of rotatable bonds is 4. The van der Waals surface area contributed by atoms with E-state index in [2.05, 4.69) is 24.9 Å². The summed E-state index contributed by atoms with van der Waals surface area (Å²) in [6.07, 6.45) is 5.78. The number of H-pyrrole nitrogens is 2. The molecule has 1 atom stereocenters. The minimum atomic E-state index is -3.55. The number of sulfonamides is 1. The van der Waals surface area contributed by atoms with Crippen LogP contribution in [0.15, 0.2) is 29.9 Å². The third kappa shape index (κ3) is 2.12. The molecule has 8 heteroatoms. The largest absolute Gasteiger partial charge is 0.335 e. The highest BCUT2D eigenvalue weighted by atomic mass is 32.2. The number of nitrogens with one attached hydrogen (secondary N) is 3. The van der Waals surface area contributed by atoms with Crippen molar-refractivity contribution in [3.8, 4) is 0 Å². The first-order valence-corrected chi connectivity index (χ1v) is 6.07. The van der Waals surface area contributed by atoms with Crippen LogP contribution in [-0.4, -0.2) is 28.6 Å². The van der Waals surface area contributed by atoms with Gasteiger partial charge in [-0.2, -0.15) is 5.10 Å². The topological polar surface area (TPSA) is 104 Å². The lowest BCUT2D eigenvalue weighted by Gasteiger charge is -2.10. The second-order valence-electron chi connectivity index (χ2n) is 3.29. The van der Waals surface area contributed by atoms with Gasteiger partial charge in [0.15, 0.2) is 5.03 Å². The fourth-order valence-corrected chi connectivity index (χ4v) is 2.39. The van der Waals surface area contributed by atoms with Crippen LogP contribution in [-0.2, 0) is 10.0 Å². The summed E-state index contributed by atoms with van der Waals surface area (Å²) >= 11 is 0. The molecular formula is C8H11N5O2S. The molecule has 2 aromatic rings. The van der Waals surface area contributed by atoms with Crippen molar-refractivity contribution in [2.45, 2.75) is 18.0 Å². The lowest BCUT2D eigenvalue weighted by molar-refractivity contribution is 0.564. The van der Waals surface area contributed by atoms with E-state index in [0.717, 1.165) is 5.56 Å². The Kier molecular flexibility index (Phi) is 2.75. The minimum absolute atomic E-state index is 0.0443. The zero-order chi connectivity index (χ0) is 11.6. The summed E-state index contributed by atoms with van der Waals surface area (Å²) in [7, 11) is -3.55. The van der Waals surface area contributed by atoms with Crippen molar-refractivity contribution >= 4 is 10.0 Å². The van der Waals surface area contributed by atoms with Gasteiger partial charge in [-0.3, -0.25) is 5.10 Å². The predicted octanol–water partition coefficient (Wildman–Crippen LogP) is 0.172. The van der Waals surface area contributed by atoms with Gasteiger partial charge in [0.2, 0.25) is 0 Å². The smallest absolute Gasteiger partial charge is 0.258 e. The van der Waals surface area contributed by atoms with Gasteiger partial charge in [-0.15, -0.1) is 0 Å². The van der Waals surface area contributed by atoms with Crippen LogP contribution in [0.1, 0.15) is 18.5 Å². The molecule has 7 nitrogen and oxygen atoms in total. The standard InChI is InChI=1S/C8H11N5O2S/c1-6(7-2-11-12-3-7)13-16(14,15)8-4-9-5-10-8/h2-6,13H,1H3,(H,9,10)(H,11,12). The first-order chi connectivity index (χ1) is 7.59. The Morgan fingerprint density at radius 2 is 2.25 bits per heavy atom. The van der Waals surface area contributed by atoms with Crippen molar-refractivity contribution in [3.63, 3.8) is 0 Å². The van der Waals surface area contributed by atoms with E-state index >= 15 is 0 Å². The summed E-state index contributed by atoms with van der Waals surface area (Å²) in [6, 6.07) is -0.355. The van der Waals surface area contributed by atoms with Gasteiger partial charge in [-0.1, -0.05) is 0 Å². The van der Waals surface area contributed by atoms with Gasteiger partial charge in [-0.05, 0) is 6.92 Å². The first kappa shape index (κ1) is 10.8. The maximum Gasteiger partial charge on any atom is 0.258 e. The molecule has 0 amide bonds. The zero-order valence-electron chi connectivity index (χ0n) is 8.51. The molecule has 86 valence electrons. The number of imidazole rings is 1. The molecule has 0 radical (unpaired) electrons. The average Bonchev–Trinajstić information content (AvgIpc) is 2.91. The van der Waals surface area contributed by atoms with Crippen LogP contribution in [0.5, 0.6) is 0 Å². The summed E-state index contributed by atoms with van der Waals surface area (Å²) in [5, 5.41) is 6.43. The molecule has 16 heavy (non-hydrogen) atoms. The van der Waals surface area contributed by atoms with Gasteiger partial charge in [-0.25, -0.2) is 18.1 Å². The summed E-state index contributed by atoms with van der Waals surface area (Å²) in [5.41, 5.74) is 0.767. The number of aromatic nitrogens is 4. The predicted molar refractivity (Wildman–Crippen MR) is 55.9 cm³/mol. The molecular weight excluding hydrogens is 230 g/mol. The number of hydrogen-bond donors (Lipinski definition) is 3. The zero-order valence-corrected chi connectivity index (χ0v) is 9.32. The number of aromatic amines is 2. The molecule has 0 bridgehead atoms. The third-order valence-electron chi connectivity index (χ3n) is 2.11. The van der Waals surface area contributed by atoms with Crippen molar-refractivity contribution in [1.82, 2.24) is 24.9 Å². The van der Waals surface area contributed by atoms with Crippen molar-refractivity contribution in [1.29, 1.82) is 0 Å². The van der Waals surface area contributed by atoms with Crippen molar-refractivity contribution in [3.05, 3.63) is 30.5 Å². The third-order valence-corrected chi connectivity index (χ3v) is 3.58. The van der Waals surface area contributed by atoms with E-state index < -0.39 is 10.0 Å². The van der Waals surface area contributed by atoms with Gasteiger partial charge >= 0.3 is 0 Å².